The van der Waals surface area contributed by atoms with Crippen LogP contribution in [0, 0.1) is 0 Å². The van der Waals surface area contributed by atoms with Crippen LogP contribution in [-0.2, 0) is 0 Å². The number of hydrogen-bond acceptors (Lipinski definition) is 4. The molecule has 62 heavy (non-hydrogen) atoms. The van der Waals surface area contributed by atoms with E-state index in [4.69, 9.17) is 15.0 Å². The van der Waals surface area contributed by atoms with Crippen molar-refractivity contribution in [1.29, 1.82) is 0 Å². The van der Waals surface area contributed by atoms with Crippen LogP contribution < -0.4 is 5.19 Å². The Morgan fingerprint density at radius 3 is 1.31 bits per heavy atom. The zero-order valence-electron chi connectivity index (χ0n) is 34.8. The predicted octanol–water partition coefficient (Wildman–Crippen LogP) is 14.4. The Hall–Kier alpha value is -7.60. The standard InChI is InChI=1S/C57H42N4Si/c1-62(2,3)45-29-26-39(27-30-45)56-59-55(38-24-22-37(23-25-38)46-32-33-58-54-21-9-8-20-52(46)54)60-57(61-56)44-15-11-14-42(35-44)40-12-10-13-41(34-40)43-28-31-51-49-18-5-4-16-47(49)48-17-6-7-19-50(48)53(51)36-43/h4-36H,1-3H3. The van der Waals surface area contributed by atoms with Crippen molar-refractivity contribution in [3.8, 4) is 67.5 Å². The van der Waals surface area contributed by atoms with Crippen LogP contribution in [0.5, 0.6) is 0 Å². The molecule has 0 saturated carbocycles. The van der Waals surface area contributed by atoms with E-state index < -0.39 is 8.07 Å². The molecule has 2 heterocycles. The summed E-state index contributed by atoms with van der Waals surface area (Å²) in [6, 6.07) is 69.5. The summed E-state index contributed by atoms with van der Waals surface area (Å²) in [5.74, 6) is 1.92. The van der Waals surface area contributed by atoms with Crippen molar-refractivity contribution in [2.24, 2.45) is 0 Å². The van der Waals surface area contributed by atoms with Gasteiger partial charge in [0.2, 0.25) is 0 Å². The average Bonchev–Trinajstić information content (AvgIpc) is 3.33. The predicted molar refractivity (Wildman–Crippen MR) is 263 cm³/mol. The van der Waals surface area contributed by atoms with Gasteiger partial charge in [0, 0.05) is 28.3 Å². The lowest BCUT2D eigenvalue weighted by Gasteiger charge is -2.16. The van der Waals surface area contributed by atoms with Gasteiger partial charge in [-0.3, -0.25) is 4.98 Å². The number of hydrogen-bond donors (Lipinski definition) is 0. The van der Waals surface area contributed by atoms with Gasteiger partial charge in [-0.1, -0.05) is 189 Å². The molecule has 0 saturated heterocycles. The van der Waals surface area contributed by atoms with Gasteiger partial charge in [-0.25, -0.2) is 15.0 Å². The molecule has 11 rings (SSSR count). The van der Waals surface area contributed by atoms with Crippen LogP contribution in [-0.4, -0.2) is 28.0 Å². The molecular formula is C57H42N4Si. The average molecular weight is 811 g/mol. The Bertz CT molecular complexity index is 3460. The molecule has 0 bridgehead atoms. The van der Waals surface area contributed by atoms with E-state index in [-0.39, 0.29) is 0 Å². The Morgan fingerprint density at radius 1 is 0.306 bits per heavy atom. The van der Waals surface area contributed by atoms with E-state index in [1.165, 1.54) is 48.6 Å². The molecule has 0 amide bonds. The fraction of sp³-hybridized carbons (Fsp3) is 0.0526. The van der Waals surface area contributed by atoms with Crippen LogP contribution in [0.3, 0.4) is 0 Å². The monoisotopic (exact) mass is 810 g/mol. The van der Waals surface area contributed by atoms with Gasteiger partial charge in [-0.05, 0) is 96.0 Å². The molecule has 0 fully saturated rings. The summed E-state index contributed by atoms with van der Waals surface area (Å²) >= 11 is 0. The summed E-state index contributed by atoms with van der Waals surface area (Å²) in [4.78, 5) is 20.0. The van der Waals surface area contributed by atoms with E-state index in [1.807, 2.05) is 12.3 Å². The van der Waals surface area contributed by atoms with Crippen molar-refractivity contribution >= 4 is 56.5 Å². The summed E-state index contributed by atoms with van der Waals surface area (Å²) in [6.45, 7) is 7.11. The maximum absolute atomic E-state index is 5.16. The first kappa shape index (κ1) is 37.4. The normalized spacial score (nSPS) is 11.8. The maximum atomic E-state index is 5.16. The third-order valence-electron chi connectivity index (χ3n) is 12.1. The van der Waals surface area contributed by atoms with Crippen molar-refractivity contribution < 1.29 is 0 Å². The molecule has 0 spiro atoms. The number of para-hydroxylation sites is 1. The van der Waals surface area contributed by atoms with Gasteiger partial charge in [0.1, 0.15) is 0 Å². The minimum Gasteiger partial charge on any atom is -0.256 e. The summed E-state index contributed by atoms with van der Waals surface area (Å²) in [5, 5.41) is 10.2. The van der Waals surface area contributed by atoms with E-state index >= 15 is 0 Å². The highest BCUT2D eigenvalue weighted by Gasteiger charge is 2.18. The first-order chi connectivity index (χ1) is 30.3. The van der Waals surface area contributed by atoms with Gasteiger partial charge in [0.25, 0.3) is 0 Å². The maximum Gasteiger partial charge on any atom is 0.164 e. The van der Waals surface area contributed by atoms with Crippen molar-refractivity contribution in [2.75, 3.05) is 0 Å². The number of fused-ring (bicyclic) bond motifs is 7. The first-order valence-electron chi connectivity index (χ1n) is 21.2. The number of pyridine rings is 1. The Morgan fingerprint density at radius 2 is 0.726 bits per heavy atom. The quantitative estimate of drug-likeness (QED) is 0.119. The molecule has 0 radical (unpaired) electrons. The van der Waals surface area contributed by atoms with Gasteiger partial charge in [0.15, 0.2) is 17.5 Å². The number of benzene rings is 9. The van der Waals surface area contributed by atoms with E-state index in [0.717, 1.165) is 49.8 Å². The third kappa shape index (κ3) is 6.83. The summed E-state index contributed by atoms with van der Waals surface area (Å²) < 4.78 is 0. The molecule has 0 aliphatic rings. The molecule has 2 aromatic heterocycles. The van der Waals surface area contributed by atoms with E-state index in [9.17, 15) is 0 Å². The highest BCUT2D eigenvalue weighted by atomic mass is 28.3. The molecule has 0 unspecified atom stereocenters. The first-order valence-corrected chi connectivity index (χ1v) is 24.7. The fourth-order valence-corrected chi connectivity index (χ4v) is 10.00. The topological polar surface area (TPSA) is 51.6 Å². The molecule has 11 aromatic rings. The van der Waals surface area contributed by atoms with E-state index in [0.29, 0.717) is 17.5 Å². The van der Waals surface area contributed by atoms with Gasteiger partial charge in [-0.15, -0.1) is 0 Å². The van der Waals surface area contributed by atoms with Gasteiger partial charge >= 0.3 is 0 Å². The largest absolute Gasteiger partial charge is 0.256 e. The second-order valence-electron chi connectivity index (χ2n) is 17.1. The summed E-state index contributed by atoms with van der Waals surface area (Å²) in [7, 11) is -1.49. The minimum absolute atomic E-state index is 0.634. The van der Waals surface area contributed by atoms with Crippen LogP contribution >= 0.6 is 0 Å². The molecule has 0 aliphatic carbocycles. The van der Waals surface area contributed by atoms with Crippen LogP contribution in [0.4, 0.5) is 0 Å². The highest BCUT2D eigenvalue weighted by molar-refractivity contribution is 6.88. The molecule has 9 aromatic carbocycles. The van der Waals surface area contributed by atoms with Gasteiger partial charge in [0.05, 0.1) is 13.6 Å². The minimum atomic E-state index is -1.49. The zero-order valence-corrected chi connectivity index (χ0v) is 35.8. The smallest absolute Gasteiger partial charge is 0.164 e. The molecule has 0 aliphatic heterocycles. The van der Waals surface area contributed by atoms with Crippen molar-refractivity contribution in [2.45, 2.75) is 19.6 Å². The molecule has 5 heteroatoms. The van der Waals surface area contributed by atoms with Crippen LogP contribution in [0.2, 0.25) is 19.6 Å². The Labute approximate surface area is 362 Å². The lowest BCUT2D eigenvalue weighted by atomic mass is 9.91. The second kappa shape index (κ2) is 15.1. The van der Waals surface area contributed by atoms with E-state index in [1.54, 1.807) is 0 Å². The SMILES string of the molecule is C[Si](C)(C)c1ccc(-c2nc(-c3ccc(-c4ccnc5ccccc45)cc3)nc(-c3cccc(-c4cccc(-c5ccc6c7ccccc7c7ccccc7c6c5)c4)c3)n2)cc1. The van der Waals surface area contributed by atoms with Crippen LogP contribution in [0.15, 0.2) is 200 Å². The van der Waals surface area contributed by atoms with Crippen LogP contribution in [0.25, 0.3) is 111 Å². The fourth-order valence-electron chi connectivity index (χ4n) is 8.83. The molecule has 0 N–H and O–H groups in total. The molecular weight excluding hydrogens is 769 g/mol. The molecule has 0 atom stereocenters. The van der Waals surface area contributed by atoms with E-state index in [2.05, 4.69) is 213 Å². The number of nitrogens with zero attached hydrogens (tertiary/aromatic N) is 4. The zero-order chi connectivity index (χ0) is 41.8. The Kier molecular flexibility index (Phi) is 9.13. The Balaban J connectivity index is 0.984. The van der Waals surface area contributed by atoms with Crippen LogP contribution in [0.1, 0.15) is 0 Å². The third-order valence-corrected chi connectivity index (χ3v) is 14.2. The molecule has 294 valence electrons. The van der Waals surface area contributed by atoms with Gasteiger partial charge < -0.3 is 0 Å². The lowest BCUT2D eigenvalue weighted by Crippen LogP contribution is -2.37. The lowest BCUT2D eigenvalue weighted by molar-refractivity contribution is 1.07. The van der Waals surface area contributed by atoms with Crippen molar-refractivity contribution in [3.05, 3.63) is 200 Å². The highest BCUT2D eigenvalue weighted by Crippen LogP contribution is 2.38. The second-order valence-corrected chi connectivity index (χ2v) is 22.2. The van der Waals surface area contributed by atoms with Crippen molar-refractivity contribution in [1.82, 2.24) is 19.9 Å². The summed E-state index contributed by atoms with van der Waals surface area (Å²) in [5.41, 5.74) is 10.6. The number of rotatable bonds is 7. The van der Waals surface area contributed by atoms with Crippen molar-refractivity contribution in [3.63, 3.8) is 0 Å². The summed E-state index contributed by atoms with van der Waals surface area (Å²) in [6.07, 6.45) is 1.88. The number of aromatic nitrogens is 4. The van der Waals surface area contributed by atoms with Gasteiger partial charge in [-0.2, -0.15) is 0 Å². The molecule has 4 nitrogen and oxygen atoms in total.